The van der Waals surface area contributed by atoms with Crippen LogP contribution in [-0.2, 0) is 0 Å². The van der Waals surface area contributed by atoms with E-state index in [4.69, 9.17) is 4.74 Å². The van der Waals surface area contributed by atoms with Crippen LogP contribution in [0.5, 0.6) is 5.75 Å². The van der Waals surface area contributed by atoms with Gasteiger partial charge in [0.05, 0.1) is 0 Å². The van der Waals surface area contributed by atoms with Crippen molar-refractivity contribution in [1.29, 1.82) is 0 Å². The molecule has 1 aromatic heterocycles. The Morgan fingerprint density at radius 3 is 2.48 bits per heavy atom. The van der Waals surface area contributed by atoms with E-state index < -0.39 is 0 Å². The maximum atomic E-state index is 12.8. The molecular formula is C16H19FN4O2. The average Bonchev–Trinajstić information content (AvgIpc) is 2.58. The molecule has 3 rings (SSSR count). The Morgan fingerprint density at radius 1 is 1.09 bits per heavy atom. The summed E-state index contributed by atoms with van der Waals surface area (Å²) in [5.74, 6) is 1.22. The summed E-state index contributed by atoms with van der Waals surface area (Å²) in [7, 11) is 0. The fourth-order valence-corrected chi connectivity index (χ4v) is 2.54. The van der Waals surface area contributed by atoms with Gasteiger partial charge >= 0.3 is 0 Å². The summed E-state index contributed by atoms with van der Waals surface area (Å²) in [5, 5.41) is 6.51. The normalized spacial score (nSPS) is 15.6. The molecular weight excluding hydrogens is 299 g/mol. The van der Waals surface area contributed by atoms with E-state index in [9.17, 15) is 9.18 Å². The summed E-state index contributed by atoms with van der Waals surface area (Å²) in [5.41, 5.74) is -0.190. The molecule has 6 nitrogen and oxygen atoms in total. The van der Waals surface area contributed by atoms with Crippen LogP contribution in [0, 0.1) is 5.82 Å². The molecule has 2 heterocycles. The summed E-state index contributed by atoms with van der Waals surface area (Å²) in [4.78, 5) is 15.5. The third-order valence-electron chi connectivity index (χ3n) is 3.85. The molecule has 1 N–H and O–H groups in total. The van der Waals surface area contributed by atoms with Crippen LogP contribution in [0.25, 0.3) is 0 Å². The van der Waals surface area contributed by atoms with Gasteiger partial charge in [0.2, 0.25) is 0 Å². The van der Waals surface area contributed by atoms with E-state index in [0.717, 1.165) is 38.5 Å². The first-order valence-electron chi connectivity index (χ1n) is 7.62. The van der Waals surface area contributed by atoms with Crippen LogP contribution in [0.2, 0.25) is 0 Å². The maximum Gasteiger partial charge on any atom is 0.264 e. The van der Waals surface area contributed by atoms with Crippen molar-refractivity contribution in [3.8, 4) is 5.75 Å². The van der Waals surface area contributed by atoms with Crippen molar-refractivity contribution in [1.82, 2.24) is 15.1 Å². The summed E-state index contributed by atoms with van der Waals surface area (Å²) in [6.45, 7) is 4.93. The number of ether oxygens (including phenoxy) is 1. The van der Waals surface area contributed by atoms with Crippen LogP contribution in [0.4, 0.5) is 10.2 Å². The van der Waals surface area contributed by atoms with Crippen molar-refractivity contribution in [2.75, 3.05) is 44.2 Å². The second kappa shape index (κ2) is 7.23. The highest BCUT2D eigenvalue weighted by Gasteiger charge is 2.17. The van der Waals surface area contributed by atoms with E-state index in [-0.39, 0.29) is 11.4 Å². The van der Waals surface area contributed by atoms with Crippen LogP contribution < -0.4 is 15.2 Å². The second-order valence-electron chi connectivity index (χ2n) is 5.41. The van der Waals surface area contributed by atoms with E-state index in [1.54, 1.807) is 18.2 Å². The number of halogens is 1. The molecule has 0 spiro atoms. The zero-order chi connectivity index (χ0) is 16.1. The number of hydrogen-bond donors (Lipinski definition) is 1. The molecule has 122 valence electrons. The predicted molar refractivity (Wildman–Crippen MR) is 85.4 cm³/mol. The number of benzene rings is 1. The van der Waals surface area contributed by atoms with Gasteiger partial charge in [0.25, 0.3) is 5.56 Å². The minimum Gasteiger partial charge on any atom is -0.492 e. The number of aromatic amines is 1. The second-order valence-corrected chi connectivity index (χ2v) is 5.41. The standard InChI is InChI=1S/C16H19FN4O2/c17-13-1-3-14(4-2-13)23-12-11-20-7-9-21(10-8-20)15-5-6-16(22)19-18-15/h1-6H,7-12H2,(H,19,22). The van der Waals surface area contributed by atoms with Gasteiger partial charge in [-0.25, -0.2) is 9.49 Å². The molecule has 0 saturated carbocycles. The van der Waals surface area contributed by atoms with E-state index in [1.165, 1.54) is 18.2 Å². The lowest BCUT2D eigenvalue weighted by Gasteiger charge is -2.35. The highest BCUT2D eigenvalue weighted by Crippen LogP contribution is 2.12. The highest BCUT2D eigenvalue weighted by atomic mass is 19.1. The maximum absolute atomic E-state index is 12.8. The third kappa shape index (κ3) is 4.29. The van der Waals surface area contributed by atoms with Crippen molar-refractivity contribution < 1.29 is 9.13 Å². The summed E-state index contributed by atoms with van der Waals surface area (Å²) >= 11 is 0. The van der Waals surface area contributed by atoms with Crippen molar-refractivity contribution in [2.24, 2.45) is 0 Å². The van der Waals surface area contributed by atoms with Crippen LogP contribution in [0.15, 0.2) is 41.2 Å². The molecule has 0 bridgehead atoms. The molecule has 0 amide bonds. The lowest BCUT2D eigenvalue weighted by atomic mass is 10.3. The SMILES string of the molecule is O=c1ccc(N2CCN(CCOc3ccc(F)cc3)CC2)n[nH]1. The smallest absolute Gasteiger partial charge is 0.264 e. The number of nitrogens with zero attached hydrogens (tertiary/aromatic N) is 3. The monoisotopic (exact) mass is 318 g/mol. The molecule has 1 aromatic carbocycles. The minimum absolute atomic E-state index is 0.190. The lowest BCUT2D eigenvalue weighted by Crippen LogP contribution is -2.48. The molecule has 0 unspecified atom stereocenters. The third-order valence-corrected chi connectivity index (χ3v) is 3.85. The van der Waals surface area contributed by atoms with Gasteiger partial charge in [0.1, 0.15) is 24.0 Å². The Labute approximate surface area is 133 Å². The molecule has 7 heteroatoms. The lowest BCUT2D eigenvalue weighted by molar-refractivity contribution is 0.200. The summed E-state index contributed by atoms with van der Waals surface area (Å²) in [6.07, 6.45) is 0. The number of H-pyrrole nitrogens is 1. The number of hydrogen-bond acceptors (Lipinski definition) is 5. The fraction of sp³-hybridized carbons (Fsp3) is 0.375. The van der Waals surface area contributed by atoms with E-state index in [2.05, 4.69) is 20.0 Å². The van der Waals surface area contributed by atoms with Crippen molar-refractivity contribution in [3.63, 3.8) is 0 Å². The van der Waals surface area contributed by atoms with Gasteiger partial charge in [-0.15, -0.1) is 0 Å². The first-order chi connectivity index (χ1) is 11.2. The van der Waals surface area contributed by atoms with Crippen LogP contribution in [0.1, 0.15) is 0 Å². The predicted octanol–water partition coefficient (Wildman–Crippen LogP) is 1.11. The molecule has 0 atom stereocenters. The van der Waals surface area contributed by atoms with Gasteiger partial charge in [-0.05, 0) is 30.3 Å². The van der Waals surface area contributed by atoms with Crippen molar-refractivity contribution >= 4 is 5.82 Å². The molecule has 1 aliphatic rings. The van der Waals surface area contributed by atoms with Crippen LogP contribution in [-0.4, -0.2) is 54.4 Å². The molecule has 23 heavy (non-hydrogen) atoms. The van der Waals surface area contributed by atoms with Crippen LogP contribution in [0.3, 0.4) is 0 Å². The Balaban J connectivity index is 1.41. The molecule has 0 aliphatic carbocycles. The van der Waals surface area contributed by atoms with Gasteiger partial charge in [-0.3, -0.25) is 9.69 Å². The number of nitrogens with one attached hydrogen (secondary N) is 1. The van der Waals surface area contributed by atoms with Gasteiger partial charge in [0, 0.05) is 38.8 Å². The molecule has 1 saturated heterocycles. The Kier molecular flexibility index (Phi) is 4.87. The quantitative estimate of drug-likeness (QED) is 0.895. The summed E-state index contributed by atoms with van der Waals surface area (Å²) in [6, 6.07) is 9.29. The number of piperazine rings is 1. The molecule has 1 fully saturated rings. The largest absolute Gasteiger partial charge is 0.492 e. The van der Waals surface area contributed by atoms with Gasteiger partial charge in [-0.1, -0.05) is 0 Å². The zero-order valence-corrected chi connectivity index (χ0v) is 12.7. The first kappa shape index (κ1) is 15.5. The molecule has 0 radical (unpaired) electrons. The average molecular weight is 318 g/mol. The minimum atomic E-state index is -0.260. The van der Waals surface area contributed by atoms with Gasteiger partial charge < -0.3 is 9.64 Å². The van der Waals surface area contributed by atoms with Crippen molar-refractivity contribution in [3.05, 3.63) is 52.6 Å². The van der Waals surface area contributed by atoms with Crippen LogP contribution >= 0.6 is 0 Å². The first-order valence-corrected chi connectivity index (χ1v) is 7.62. The molecule has 2 aromatic rings. The number of aromatic nitrogens is 2. The van der Waals surface area contributed by atoms with E-state index >= 15 is 0 Å². The zero-order valence-electron chi connectivity index (χ0n) is 12.7. The van der Waals surface area contributed by atoms with E-state index in [1.807, 2.05) is 0 Å². The Hall–Kier alpha value is -2.41. The topological polar surface area (TPSA) is 61.5 Å². The number of anilines is 1. The van der Waals surface area contributed by atoms with Gasteiger partial charge in [-0.2, -0.15) is 5.10 Å². The van der Waals surface area contributed by atoms with Gasteiger partial charge in [0.15, 0.2) is 0 Å². The Morgan fingerprint density at radius 2 is 1.83 bits per heavy atom. The fourth-order valence-electron chi connectivity index (χ4n) is 2.54. The highest BCUT2D eigenvalue weighted by molar-refractivity contribution is 5.36. The Bertz CT molecular complexity index is 661. The number of rotatable bonds is 5. The van der Waals surface area contributed by atoms with Crippen molar-refractivity contribution in [2.45, 2.75) is 0 Å². The summed E-state index contributed by atoms with van der Waals surface area (Å²) < 4.78 is 18.4. The molecule has 1 aliphatic heterocycles. The van der Waals surface area contributed by atoms with E-state index in [0.29, 0.717) is 12.4 Å².